The average molecular weight is 254 g/mol. The van der Waals surface area contributed by atoms with E-state index < -0.39 is 5.41 Å². The predicted octanol–water partition coefficient (Wildman–Crippen LogP) is 2.69. The van der Waals surface area contributed by atoms with E-state index in [1.54, 1.807) is 45.0 Å². The third-order valence-electron chi connectivity index (χ3n) is 2.24. The molecule has 0 aliphatic heterocycles. The molecule has 92 valence electrons. The molecule has 0 bridgehead atoms. The Bertz CT molecular complexity index is 435. The number of hydrogen-bond donors (Lipinski definition) is 1. The van der Waals surface area contributed by atoms with Gasteiger partial charge >= 0.3 is 0 Å². The summed E-state index contributed by atoms with van der Waals surface area (Å²) in [6, 6.07) is 6.68. The van der Waals surface area contributed by atoms with Crippen LogP contribution in [0.1, 0.15) is 31.1 Å². The zero-order valence-electron chi connectivity index (χ0n) is 10.2. The van der Waals surface area contributed by atoms with Crippen LogP contribution in [-0.2, 0) is 4.79 Å². The van der Waals surface area contributed by atoms with Gasteiger partial charge in [-0.25, -0.2) is 0 Å². The first-order chi connectivity index (χ1) is 7.80. The maximum atomic E-state index is 11.8. The van der Waals surface area contributed by atoms with Gasteiger partial charge in [0.25, 0.3) is 0 Å². The van der Waals surface area contributed by atoms with E-state index in [-0.39, 0.29) is 18.2 Å². The molecule has 0 fully saturated rings. The maximum Gasteiger partial charge on any atom is 0.225 e. The van der Waals surface area contributed by atoms with Crippen LogP contribution in [0.3, 0.4) is 0 Å². The fourth-order valence-corrected chi connectivity index (χ4v) is 1.38. The Morgan fingerprint density at radius 2 is 1.94 bits per heavy atom. The summed E-state index contributed by atoms with van der Waals surface area (Å²) >= 11 is 5.78. The highest BCUT2D eigenvalue weighted by Crippen LogP contribution is 2.13. The molecular formula is C13H16ClNO2. The molecule has 4 heteroatoms. The van der Waals surface area contributed by atoms with Crippen LogP contribution < -0.4 is 5.32 Å². The summed E-state index contributed by atoms with van der Waals surface area (Å²) in [6.45, 7) is 5.39. The van der Waals surface area contributed by atoms with Crippen molar-refractivity contribution < 1.29 is 9.59 Å². The zero-order valence-corrected chi connectivity index (χ0v) is 11.0. The second-order valence-electron chi connectivity index (χ2n) is 4.87. The summed E-state index contributed by atoms with van der Waals surface area (Å²) in [6.07, 6.45) is 0. The number of halogens is 1. The fourth-order valence-electron chi connectivity index (χ4n) is 1.19. The van der Waals surface area contributed by atoms with Gasteiger partial charge in [-0.2, -0.15) is 0 Å². The molecule has 0 radical (unpaired) electrons. The quantitative estimate of drug-likeness (QED) is 0.842. The second kappa shape index (κ2) is 5.32. The summed E-state index contributed by atoms with van der Waals surface area (Å²) in [5, 5.41) is 3.12. The van der Waals surface area contributed by atoms with Gasteiger partial charge in [0.05, 0.1) is 6.54 Å². The van der Waals surface area contributed by atoms with E-state index in [1.807, 2.05) is 0 Å². The zero-order chi connectivity index (χ0) is 13.1. The van der Waals surface area contributed by atoms with E-state index in [1.165, 1.54) is 0 Å². The average Bonchev–Trinajstić information content (AvgIpc) is 2.24. The van der Waals surface area contributed by atoms with Crippen molar-refractivity contribution >= 4 is 23.3 Å². The molecule has 1 amide bonds. The number of Topliss-reactive ketones (excluding diaryl/α,β-unsaturated/α-hetero) is 1. The van der Waals surface area contributed by atoms with Crippen LogP contribution in [0.25, 0.3) is 0 Å². The molecule has 0 saturated heterocycles. The molecule has 0 heterocycles. The summed E-state index contributed by atoms with van der Waals surface area (Å²) in [5.41, 5.74) is 0.0148. The number of ketones is 1. The number of rotatable bonds is 3. The van der Waals surface area contributed by atoms with Crippen molar-refractivity contribution in [3.05, 3.63) is 34.9 Å². The molecule has 1 aromatic rings. The minimum absolute atomic E-state index is 0.00353. The smallest absolute Gasteiger partial charge is 0.225 e. The predicted molar refractivity (Wildman–Crippen MR) is 68.2 cm³/mol. The van der Waals surface area contributed by atoms with Crippen molar-refractivity contribution in [1.82, 2.24) is 5.32 Å². The van der Waals surface area contributed by atoms with E-state index >= 15 is 0 Å². The van der Waals surface area contributed by atoms with Gasteiger partial charge in [0, 0.05) is 16.0 Å². The lowest BCUT2D eigenvalue weighted by Gasteiger charge is -2.17. The summed E-state index contributed by atoms with van der Waals surface area (Å²) in [7, 11) is 0. The van der Waals surface area contributed by atoms with Gasteiger partial charge in [0.15, 0.2) is 5.78 Å². The largest absolute Gasteiger partial charge is 0.348 e. The molecule has 1 N–H and O–H groups in total. The molecule has 3 nitrogen and oxygen atoms in total. The lowest BCUT2D eigenvalue weighted by molar-refractivity contribution is -0.128. The third kappa shape index (κ3) is 4.19. The van der Waals surface area contributed by atoms with Crippen molar-refractivity contribution in [2.45, 2.75) is 20.8 Å². The van der Waals surface area contributed by atoms with Crippen molar-refractivity contribution in [1.29, 1.82) is 0 Å². The normalized spacial score (nSPS) is 11.1. The standard InChI is InChI=1S/C13H16ClNO2/c1-13(2,3)12(17)15-8-11(16)9-5-4-6-10(14)7-9/h4-7H,8H2,1-3H3,(H,15,17). The Morgan fingerprint density at radius 1 is 1.29 bits per heavy atom. The Balaban J connectivity index is 2.60. The number of hydrogen-bond acceptors (Lipinski definition) is 2. The highest BCUT2D eigenvalue weighted by molar-refractivity contribution is 6.31. The highest BCUT2D eigenvalue weighted by Gasteiger charge is 2.21. The van der Waals surface area contributed by atoms with Crippen LogP contribution in [0, 0.1) is 5.41 Å². The first kappa shape index (κ1) is 13.7. The number of carbonyl (C=O) groups is 2. The number of benzene rings is 1. The topological polar surface area (TPSA) is 46.2 Å². The first-order valence-corrected chi connectivity index (χ1v) is 5.75. The van der Waals surface area contributed by atoms with Crippen molar-refractivity contribution in [3.8, 4) is 0 Å². The summed E-state index contributed by atoms with van der Waals surface area (Å²) in [4.78, 5) is 23.3. The Morgan fingerprint density at radius 3 is 2.47 bits per heavy atom. The van der Waals surface area contributed by atoms with Crippen LogP contribution in [0.2, 0.25) is 5.02 Å². The molecular weight excluding hydrogens is 238 g/mol. The third-order valence-corrected chi connectivity index (χ3v) is 2.47. The number of nitrogens with one attached hydrogen (secondary N) is 1. The van der Waals surface area contributed by atoms with Gasteiger partial charge < -0.3 is 5.32 Å². The molecule has 0 aromatic heterocycles. The van der Waals surface area contributed by atoms with Gasteiger partial charge in [-0.05, 0) is 12.1 Å². The molecule has 0 unspecified atom stereocenters. The molecule has 0 spiro atoms. The van der Waals surface area contributed by atoms with Crippen molar-refractivity contribution in [3.63, 3.8) is 0 Å². The Kier molecular flexibility index (Phi) is 4.29. The summed E-state index contributed by atoms with van der Waals surface area (Å²) < 4.78 is 0. The molecule has 0 saturated carbocycles. The van der Waals surface area contributed by atoms with E-state index in [0.29, 0.717) is 10.6 Å². The second-order valence-corrected chi connectivity index (χ2v) is 5.30. The highest BCUT2D eigenvalue weighted by atomic mass is 35.5. The van der Waals surface area contributed by atoms with Gasteiger partial charge in [-0.3, -0.25) is 9.59 Å². The lowest BCUT2D eigenvalue weighted by Crippen LogP contribution is -2.37. The molecule has 0 aliphatic carbocycles. The Hall–Kier alpha value is -1.35. The minimum atomic E-state index is -0.491. The van der Waals surface area contributed by atoms with Crippen LogP contribution in [0.5, 0.6) is 0 Å². The molecule has 0 aliphatic rings. The minimum Gasteiger partial charge on any atom is -0.348 e. The monoisotopic (exact) mass is 253 g/mol. The molecule has 1 rings (SSSR count). The van der Waals surface area contributed by atoms with Gasteiger partial charge in [0.1, 0.15) is 0 Å². The summed E-state index contributed by atoms with van der Waals surface area (Å²) in [5.74, 6) is -0.294. The number of carbonyl (C=O) groups excluding carboxylic acids is 2. The lowest BCUT2D eigenvalue weighted by atomic mass is 9.95. The van der Waals surface area contributed by atoms with Crippen LogP contribution >= 0.6 is 11.6 Å². The van der Waals surface area contributed by atoms with Crippen LogP contribution in [0.4, 0.5) is 0 Å². The van der Waals surface area contributed by atoms with Crippen LogP contribution in [-0.4, -0.2) is 18.2 Å². The van der Waals surface area contributed by atoms with Gasteiger partial charge in [0.2, 0.25) is 5.91 Å². The SMILES string of the molecule is CC(C)(C)C(=O)NCC(=O)c1cccc(Cl)c1. The molecule has 17 heavy (non-hydrogen) atoms. The van der Waals surface area contributed by atoms with Crippen LogP contribution in [0.15, 0.2) is 24.3 Å². The molecule has 1 aromatic carbocycles. The van der Waals surface area contributed by atoms with Gasteiger partial charge in [-0.1, -0.05) is 44.5 Å². The molecule has 0 atom stereocenters. The maximum absolute atomic E-state index is 11.8. The number of amides is 1. The van der Waals surface area contributed by atoms with E-state index in [2.05, 4.69) is 5.32 Å². The van der Waals surface area contributed by atoms with E-state index in [0.717, 1.165) is 0 Å². The Labute approximate surface area is 106 Å². The van der Waals surface area contributed by atoms with Crippen molar-refractivity contribution in [2.75, 3.05) is 6.54 Å². The van der Waals surface area contributed by atoms with Crippen molar-refractivity contribution in [2.24, 2.45) is 5.41 Å². The van der Waals surface area contributed by atoms with E-state index in [9.17, 15) is 9.59 Å². The first-order valence-electron chi connectivity index (χ1n) is 5.38. The van der Waals surface area contributed by atoms with E-state index in [4.69, 9.17) is 11.6 Å². The fraction of sp³-hybridized carbons (Fsp3) is 0.385. The van der Waals surface area contributed by atoms with Gasteiger partial charge in [-0.15, -0.1) is 0 Å².